The second-order valence-electron chi connectivity index (χ2n) is 14.9. The zero-order valence-corrected chi connectivity index (χ0v) is 36.1. The van der Waals surface area contributed by atoms with E-state index in [1.54, 1.807) is 30.9 Å². The van der Waals surface area contributed by atoms with Crippen LogP contribution in [0.25, 0.3) is 11.6 Å². The number of rotatable bonds is 17. The molecule has 2 aliphatic heterocycles. The molecule has 1 aromatic heterocycles. The lowest BCUT2D eigenvalue weighted by molar-refractivity contribution is -0.150. The molecule has 2 aromatic rings. The van der Waals surface area contributed by atoms with Gasteiger partial charge in [0, 0.05) is 73.1 Å². The molecule has 0 radical (unpaired) electrons. The number of thiol groups is 1. The molecule has 1 aromatic carbocycles. The van der Waals surface area contributed by atoms with Crippen molar-refractivity contribution in [2.75, 3.05) is 77.6 Å². The Bertz CT molecular complexity index is 1990. The quantitative estimate of drug-likeness (QED) is 0.0337. The summed E-state index contributed by atoms with van der Waals surface area (Å²) < 4.78 is 30.7. The highest BCUT2D eigenvalue weighted by atomic mass is 32.1. The third-order valence-corrected chi connectivity index (χ3v) is 9.65. The fourth-order valence-corrected chi connectivity index (χ4v) is 6.45. The number of aromatic amines is 1. The van der Waals surface area contributed by atoms with Crippen LogP contribution in [0, 0.1) is 19.3 Å². The molecule has 0 unspecified atom stereocenters. The molecule has 5 N–H and O–H groups in total. The zero-order valence-electron chi connectivity index (χ0n) is 35.2. The molecule has 2 aliphatic rings. The maximum atomic E-state index is 13.1. The molecule has 0 aliphatic carbocycles. The van der Waals surface area contributed by atoms with Crippen molar-refractivity contribution in [2.45, 2.75) is 60.1 Å². The van der Waals surface area contributed by atoms with E-state index in [1.165, 1.54) is 12.1 Å². The van der Waals surface area contributed by atoms with Gasteiger partial charge in [-0.2, -0.15) is 4.40 Å². The Morgan fingerprint density at radius 3 is 2.45 bits per heavy atom. The molecule has 2 amide bonds. The van der Waals surface area contributed by atoms with E-state index in [9.17, 15) is 24.0 Å². The number of nitrogens with one attached hydrogen (secondary N) is 5. The third-order valence-electron chi connectivity index (χ3n) is 9.46. The van der Waals surface area contributed by atoms with Gasteiger partial charge in [-0.05, 0) is 90.4 Å². The molecular formula is C41H56N8O10S. The highest BCUT2D eigenvalue weighted by molar-refractivity contribution is 7.79. The number of amides is 2. The second-order valence-corrected chi connectivity index (χ2v) is 15.1. The summed E-state index contributed by atoms with van der Waals surface area (Å²) in [5.74, 6) is -3.34. The number of H-pyrrole nitrogens is 1. The summed E-state index contributed by atoms with van der Waals surface area (Å²) in [5.41, 5.74) is 3.32. The molecule has 326 valence electrons. The molecule has 3 heterocycles. The minimum Gasteiger partial charge on any atom is -0.471 e. The van der Waals surface area contributed by atoms with Crippen molar-refractivity contribution < 1.29 is 47.7 Å². The number of benzene rings is 1. The van der Waals surface area contributed by atoms with Gasteiger partial charge in [-0.15, -0.1) is 0 Å². The summed E-state index contributed by atoms with van der Waals surface area (Å²) in [6, 6.07) is 4.56. The van der Waals surface area contributed by atoms with Gasteiger partial charge in [0.1, 0.15) is 18.5 Å². The third kappa shape index (κ3) is 13.8. The maximum Gasteiger partial charge on any atom is 0.349 e. The highest BCUT2D eigenvalue weighted by Gasteiger charge is 2.28. The van der Waals surface area contributed by atoms with Crippen molar-refractivity contribution >= 4 is 71.6 Å². The summed E-state index contributed by atoms with van der Waals surface area (Å²) in [6.07, 6.45) is 2.45. The van der Waals surface area contributed by atoms with Gasteiger partial charge in [-0.1, -0.05) is 13.8 Å². The first-order valence-corrected chi connectivity index (χ1v) is 20.1. The number of aryl methyl sites for hydroxylation is 1. The molecule has 60 heavy (non-hydrogen) atoms. The molecular weight excluding hydrogens is 797 g/mol. The van der Waals surface area contributed by atoms with Gasteiger partial charge in [0.25, 0.3) is 17.7 Å². The number of aromatic nitrogens is 1. The van der Waals surface area contributed by atoms with Crippen molar-refractivity contribution in [2.24, 2.45) is 4.40 Å². The van der Waals surface area contributed by atoms with Gasteiger partial charge in [0.15, 0.2) is 12.4 Å². The average Bonchev–Trinajstić information content (AvgIpc) is 3.68. The molecule has 0 saturated carbocycles. The van der Waals surface area contributed by atoms with E-state index in [0.717, 1.165) is 31.8 Å². The summed E-state index contributed by atoms with van der Waals surface area (Å²) in [4.78, 5) is 71.1. The Labute approximate surface area is 355 Å². The predicted octanol–water partition coefficient (Wildman–Crippen LogP) is 3.07. The van der Waals surface area contributed by atoms with Crippen molar-refractivity contribution in [3.05, 3.63) is 58.4 Å². The van der Waals surface area contributed by atoms with Gasteiger partial charge in [-0.3, -0.25) is 15.0 Å². The summed E-state index contributed by atoms with van der Waals surface area (Å²) in [6.45, 7) is 17.7. The number of hydrogen-bond donors (Lipinski definition) is 6. The van der Waals surface area contributed by atoms with Gasteiger partial charge >= 0.3 is 17.9 Å². The number of fused-ring (bicyclic) bond motifs is 1. The first-order chi connectivity index (χ1) is 28.5. The van der Waals surface area contributed by atoms with Crippen molar-refractivity contribution in [3.63, 3.8) is 0 Å². The molecule has 19 heteroatoms. The van der Waals surface area contributed by atoms with Crippen LogP contribution in [0.15, 0.2) is 34.7 Å². The van der Waals surface area contributed by atoms with Gasteiger partial charge in [0.2, 0.25) is 0 Å². The van der Waals surface area contributed by atoms with Crippen LogP contribution < -0.4 is 20.7 Å². The fourth-order valence-electron chi connectivity index (χ4n) is 6.23. The molecule has 18 nitrogen and oxygen atoms in total. The average molecular weight is 853 g/mol. The van der Waals surface area contributed by atoms with Crippen LogP contribution in [0.5, 0.6) is 5.75 Å². The van der Waals surface area contributed by atoms with Crippen LogP contribution in [0.2, 0.25) is 0 Å². The molecule has 1 saturated heterocycles. The van der Waals surface area contributed by atoms with Crippen molar-refractivity contribution in [1.29, 1.82) is 5.41 Å². The number of ether oxygens (including phenoxy) is 5. The van der Waals surface area contributed by atoms with Crippen LogP contribution in [-0.4, -0.2) is 140 Å². The van der Waals surface area contributed by atoms with Crippen LogP contribution in [0.3, 0.4) is 0 Å². The van der Waals surface area contributed by atoms with Crippen LogP contribution in [0.4, 0.5) is 5.69 Å². The zero-order chi connectivity index (χ0) is 44.0. The van der Waals surface area contributed by atoms with E-state index in [2.05, 4.69) is 56.9 Å². The number of nitrogens with zero attached hydrogens (tertiary/aromatic N) is 3. The second kappa shape index (κ2) is 22.2. The molecule has 0 bridgehead atoms. The number of morpholine rings is 1. The standard InChI is InChI=1S/C41H56N8O10S/c1-8-48(9-2)15-14-43-40(54)36-25(3)32(45-26(36)4)21-30-29-20-27(10-11-31(29)46-39(30)53)58-35(52)24-56-33(50)12-13-34(51)59-28(22-44-41(5,6)7)23-57-37(42)38(47-60)49-16-18-55-19-17-49/h10-13,20-21,28,42,44-45,60H,8-9,14-19,22-24H2,1-7H3,(H,43,54)(H,46,53)/b13-12-,30-21-,42-37?,47-38?/t28-/m0/s1. The maximum absolute atomic E-state index is 13.1. The monoisotopic (exact) mass is 852 g/mol. The number of hydrogen-bond acceptors (Lipinski definition) is 15. The first-order valence-electron chi connectivity index (χ1n) is 19.7. The molecule has 1 fully saturated rings. The van der Waals surface area contributed by atoms with E-state index in [0.29, 0.717) is 66.6 Å². The van der Waals surface area contributed by atoms with Crippen molar-refractivity contribution in [1.82, 2.24) is 25.4 Å². The number of esters is 3. The molecule has 4 rings (SSSR count). The summed E-state index contributed by atoms with van der Waals surface area (Å²) in [7, 11) is 0. The van der Waals surface area contributed by atoms with E-state index in [-0.39, 0.29) is 53.6 Å². The number of likely N-dealkylation sites (N-methyl/N-ethyl adjacent to an activating group) is 1. The SMILES string of the molecule is CCN(CC)CCNC(=O)c1c(C)[nH]c(/C=C2\C(=O)Nc3ccc(OC(=O)COC(=O)/C=C\C(=O)O[C@@H](CNC(C)(C)C)COC(=N)C(=NS)N4CCOCC4)cc32)c1C. The van der Waals surface area contributed by atoms with E-state index in [4.69, 9.17) is 29.1 Å². The van der Waals surface area contributed by atoms with Gasteiger partial charge in [-0.25, -0.2) is 14.4 Å². The fraction of sp³-hybridized carbons (Fsp3) is 0.488. The molecule has 1 atom stereocenters. The molecule has 0 spiro atoms. The van der Waals surface area contributed by atoms with Crippen LogP contribution in [-0.2, 0) is 38.1 Å². The lowest BCUT2D eigenvalue weighted by Gasteiger charge is -2.30. The van der Waals surface area contributed by atoms with Crippen molar-refractivity contribution in [3.8, 4) is 5.75 Å². The topological polar surface area (TPSA) is 226 Å². The van der Waals surface area contributed by atoms with Crippen LogP contribution in [0.1, 0.15) is 67.5 Å². The van der Waals surface area contributed by atoms with Gasteiger partial charge in [0.05, 0.1) is 24.4 Å². The van der Waals surface area contributed by atoms with Crippen LogP contribution >= 0.6 is 12.8 Å². The number of anilines is 1. The van der Waals surface area contributed by atoms with Gasteiger partial charge < -0.3 is 54.4 Å². The predicted molar refractivity (Wildman–Crippen MR) is 229 cm³/mol. The number of carbonyl (C=O) groups excluding carboxylic acids is 5. The Balaban J connectivity index is 1.32. The number of carbonyl (C=O) groups is 5. The number of amidine groups is 1. The first kappa shape index (κ1) is 47.2. The largest absolute Gasteiger partial charge is 0.471 e. The Kier molecular flexibility index (Phi) is 17.5. The summed E-state index contributed by atoms with van der Waals surface area (Å²) >= 11 is 3.98. The van der Waals surface area contributed by atoms with E-state index < -0.39 is 30.6 Å². The highest BCUT2D eigenvalue weighted by Crippen LogP contribution is 2.36. The smallest absolute Gasteiger partial charge is 0.349 e. The summed E-state index contributed by atoms with van der Waals surface area (Å²) in [5, 5.41) is 17.3. The minimum absolute atomic E-state index is 0.0897. The van der Waals surface area contributed by atoms with E-state index in [1.807, 2.05) is 20.8 Å². The Hall–Kier alpha value is -5.50. The normalized spacial score (nSPS) is 15.5. The van der Waals surface area contributed by atoms with E-state index >= 15 is 0 Å². The Morgan fingerprint density at radius 1 is 1.08 bits per heavy atom. The minimum atomic E-state index is -1.01. The Morgan fingerprint density at radius 2 is 1.78 bits per heavy atom. The lowest BCUT2D eigenvalue weighted by Crippen LogP contribution is -2.46. The lowest BCUT2D eigenvalue weighted by atomic mass is 10.0.